The average Bonchev–Trinajstić information content (AvgIpc) is 2.86. The zero-order chi connectivity index (χ0) is 15.2. The molecule has 0 bridgehead atoms. The number of para-hydroxylation sites is 1. The Bertz CT molecular complexity index is 565. The van der Waals surface area contributed by atoms with Crippen LogP contribution in [0, 0.1) is 11.7 Å². The molecule has 1 N–H and O–H groups in total. The third kappa shape index (κ3) is 4.83. The molecule has 0 aliphatic rings. The van der Waals surface area contributed by atoms with Crippen LogP contribution in [0.4, 0.5) is 10.1 Å². The Balaban J connectivity index is 1.91. The van der Waals surface area contributed by atoms with Crippen LogP contribution in [0.3, 0.4) is 0 Å². The monoisotopic (exact) mass is 306 g/mol. The molecule has 0 atom stereocenters. The molecule has 0 amide bonds. The van der Waals surface area contributed by atoms with E-state index in [-0.39, 0.29) is 5.82 Å². The van der Waals surface area contributed by atoms with E-state index < -0.39 is 0 Å². The average molecular weight is 306 g/mol. The first kappa shape index (κ1) is 16.0. The Morgan fingerprint density at radius 1 is 1.14 bits per heavy atom. The minimum Gasteiger partial charge on any atom is -0.367 e. The van der Waals surface area contributed by atoms with Gasteiger partial charge in [-0.05, 0) is 36.7 Å². The van der Waals surface area contributed by atoms with Crippen LogP contribution in [-0.4, -0.2) is 13.6 Å². The van der Waals surface area contributed by atoms with E-state index in [1.807, 2.05) is 24.1 Å². The fraction of sp³-hybridized carbons (Fsp3) is 0.412. The fourth-order valence-electron chi connectivity index (χ4n) is 2.17. The highest BCUT2D eigenvalue weighted by atomic mass is 32.1. The molecule has 21 heavy (non-hydrogen) atoms. The number of nitrogens with zero attached hydrogens (tertiary/aromatic N) is 1. The number of rotatable bonds is 7. The summed E-state index contributed by atoms with van der Waals surface area (Å²) >= 11 is 1.79. The summed E-state index contributed by atoms with van der Waals surface area (Å²) in [5, 5.41) is 3.45. The van der Waals surface area contributed by atoms with Crippen molar-refractivity contribution in [1.29, 1.82) is 0 Å². The van der Waals surface area contributed by atoms with Crippen molar-refractivity contribution in [2.75, 3.05) is 18.5 Å². The Morgan fingerprint density at radius 3 is 2.57 bits per heavy atom. The van der Waals surface area contributed by atoms with Gasteiger partial charge in [-0.1, -0.05) is 26.0 Å². The topological polar surface area (TPSA) is 15.3 Å². The zero-order valence-corrected chi connectivity index (χ0v) is 13.7. The second kappa shape index (κ2) is 7.57. The van der Waals surface area contributed by atoms with E-state index in [9.17, 15) is 4.39 Å². The first-order chi connectivity index (χ1) is 10.1. The molecule has 0 aliphatic heterocycles. The highest BCUT2D eigenvalue weighted by Gasteiger charge is 2.08. The van der Waals surface area contributed by atoms with E-state index in [4.69, 9.17) is 0 Å². The van der Waals surface area contributed by atoms with Gasteiger partial charge in [-0.15, -0.1) is 11.3 Å². The molecule has 2 nitrogen and oxygen atoms in total. The molecule has 1 heterocycles. The molecule has 2 rings (SSSR count). The summed E-state index contributed by atoms with van der Waals surface area (Å²) in [5.41, 5.74) is 0.644. The summed E-state index contributed by atoms with van der Waals surface area (Å²) in [5.74, 6) is 0.493. The van der Waals surface area contributed by atoms with Crippen LogP contribution in [0.1, 0.15) is 23.6 Å². The molecule has 0 saturated carbocycles. The van der Waals surface area contributed by atoms with Crippen LogP contribution in [-0.2, 0) is 13.1 Å². The number of anilines is 1. The van der Waals surface area contributed by atoms with Crippen molar-refractivity contribution in [1.82, 2.24) is 5.32 Å². The molecule has 1 aromatic heterocycles. The molecule has 0 aliphatic carbocycles. The number of benzene rings is 1. The van der Waals surface area contributed by atoms with Crippen molar-refractivity contribution in [3.8, 4) is 0 Å². The molecule has 0 unspecified atom stereocenters. The number of hydrogen-bond acceptors (Lipinski definition) is 3. The van der Waals surface area contributed by atoms with E-state index in [1.54, 1.807) is 17.4 Å². The van der Waals surface area contributed by atoms with Crippen LogP contribution >= 0.6 is 11.3 Å². The fourth-order valence-corrected chi connectivity index (χ4v) is 3.21. The summed E-state index contributed by atoms with van der Waals surface area (Å²) in [6, 6.07) is 11.2. The summed E-state index contributed by atoms with van der Waals surface area (Å²) in [6.07, 6.45) is 0. The van der Waals surface area contributed by atoms with Crippen molar-refractivity contribution in [3.05, 3.63) is 52.0 Å². The van der Waals surface area contributed by atoms with Gasteiger partial charge in [0.2, 0.25) is 0 Å². The van der Waals surface area contributed by atoms with Crippen LogP contribution in [0.25, 0.3) is 0 Å². The molecule has 4 heteroatoms. The number of nitrogens with one attached hydrogen (secondary N) is 1. The summed E-state index contributed by atoms with van der Waals surface area (Å²) < 4.78 is 13.7. The van der Waals surface area contributed by atoms with Crippen LogP contribution < -0.4 is 10.2 Å². The van der Waals surface area contributed by atoms with Crippen LogP contribution in [0.5, 0.6) is 0 Å². The summed E-state index contributed by atoms with van der Waals surface area (Å²) in [4.78, 5) is 4.53. The molecule has 0 spiro atoms. The van der Waals surface area contributed by atoms with E-state index in [0.29, 0.717) is 11.6 Å². The lowest BCUT2D eigenvalue weighted by Gasteiger charge is -2.18. The van der Waals surface area contributed by atoms with E-state index in [1.165, 1.54) is 15.8 Å². The smallest absolute Gasteiger partial charge is 0.146 e. The SMILES string of the molecule is CC(C)CNCc1ccc(CN(C)c2ccccc2F)s1. The largest absolute Gasteiger partial charge is 0.367 e. The molecular formula is C17H23FN2S. The van der Waals surface area contributed by atoms with Gasteiger partial charge in [0.15, 0.2) is 0 Å². The van der Waals surface area contributed by atoms with Crippen molar-refractivity contribution in [2.45, 2.75) is 26.9 Å². The molecule has 0 fully saturated rings. The van der Waals surface area contributed by atoms with Crippen LogP contribution in [0.15, 0.2) is 36.4 Å². The third-order valence-corrected chi connectivity index (χ3v) is 4.30. The number of thiophene rings is 1. The Kier molecular flexibility index (Phi) is 5.76. The Hall–Kier alpha value is -1.39. The quantitative estimate of drug-likeness (QED) is 0.822. The number of hydrogen-bond donors (Lipinski definition) is 1. The van der Waals surface area contributed by atoms with Gasteiger partial charge in [0.25, 0.3) is 0 Å². The molecule has 2 aromatic rings. The van der Waals surface area contributed by atoms with E-state index in [2.05, 4.69) is 31.3 Å². The van der Waals surface area contributed by atoms with Gasteiger partial charge in [0.1, 0.15) is 5.82 Å². The normalized spacial score (nSPS) is 11.1. The summed E-state index contributed by atoms with van der Waals surface area (Å²) in [7, 11) is 1.93. The maximum atomic E-state index is 13.7. The predicted octanol–water partition coefficient (Wildman–Crippen LogP) is 4.27. The van der Waals surface area contributed by atoms with Crippen molar-refractivity contribution < 1.29 is 4.39 Å². The molecule has 1 aromatic carbocycles. The van der Waals surface area contributed by atoms with Gasteiger partial charge in [-0.2, -0.15) is 0 Å². The first-order valence-corrected chi connectivity index (χ1v) is 8.12. The highest BCUT2D eigenvalue weighted by molar-refractivity contribution is 7.12. The second-order valence-electron chi connectivity index (χ2n) is 5.70. The highest BCUT2D eigenvalue weighted by Crippen LogP contribution is 2.23. The second-order valence-corrected chi connectivity index (χ2v) is 6.95. The van der Waals surface area contributed by atoms with Crippen LogP contribution in [0.2, 0.25) is 0 Å². The summed E-state index contributed by atoms with van der Waals surface area (Å²) in [6.45, 7) is 7.08. The molecular weight excluding hydrogens is 283 g/mol. The third-order valence-electron chi connectivity index (χ3n) is 3.23. The maximum absolute atomic E-state index is 13.7. The minimum atomic E-state index is -0.171. The van der Waals surface area contributed by atoms with Crippen molar-refractivity contribution in [3.63, 3.8) is 0 Å². The minimum absolute atomic E-state index is 0.171. The van der Waals surface area contributed by atoms with Gasteiger partial charge < -0.3 is 10.2 Å². The van der Waals surface area contributed by atoms with E-state index >= 15 is 0 Å². The molecule has 114 valence electrons. The maximum Gasteiger partial charge on any atom is 0.146 e. The molecule has 0 radical (unpaired) electrons. The van der Waals surface area contributed by atoms with Gasteiger partial charge in [0, 0.05) is 23.3 Å². The van der Waals surface area contributed by atoms with Crippen molar-refractivity contribution in [2.24, 2.45) is 5.92 Å². The lowest BCUT2D eigenvalue weighted by atomic mass is 10.2. The van der Waals surface area contributed by atoms with Gasteiger partial charge >= 0.3 is 0 Å². The van der Waals surface area contributed by atoms with Gasteiger partial charge in [0.05, 0.1) is 12.2 Å². The standard InChI is InChI=1S/C17H23FN2S/c1-13(2)10-19-11-14-8-9-15(21-14)12-20(3)17-7-5-4-6-16(17)18/h4-9,13,19H,10-12H2,1-3H3. The Labute approximate surface area is 130 Å². The number of halogens is 1. The zero-order valence-electron chi connectivity index (χ0n) is 12.9. The van der Waals surface area contributed by atoms with E-state index in [0.717, 1.165) is 19.6 Å². The predicted molar refractivity (Wildman–Crippen MR) is 89.4 cm³/mol. The van der Waals surface area contributed by atoms with Crippen molar-refractivity contribution >= 4 is 17.0 Å². The molecule has 0 saturated heterocycles. The lowest BCUT2D eigenvalue weighted by Crippen LogP contribution is -2.18. The lowest BCUT2D eigenvalue weighted by molar-refractivity contribution is 0.555. The Morgan fingerprint density at radius 2 is 1.86 bits per heavy atom. The van der Waals surface area contributed by atoms with Gasteiger partial charge in [-0.3, -0.25) is 0 Å². The van der Waals surface area contributed by atoms with Gasteiger partial charge in [-0.25, -0.2) is 4.39 Å². The first-order valence-electron chi connectivity index (χ1n) is 7.30.